The van der Waals surface area contributed by atoms with Crippen molar-refractivity contribution in [2.75, 3.05) is 52.6 Å². The second-order valence-electron chi connectivity index (χ2n) is 27.0. The van der Waals surface area contributed by atoms with Crippen LogP contribution in [0.2, 0.25) is 0 Å². The van der Waals surface area contributed by atoms with Gasteiger partial charge in [0.15, 0.2) is 0 Å². The Morgan fingerprint density at radius 3 is 0.833 bits per heavy atom. The van der Waals surface area contributed by atoms with Crippen LogP contribution in [-0.4, -0.2) is 160 Å². The summed E-state index contributed by atoms with van der Waals surface area (Å²) in [5.41, 5.74) is 3.62. The first-order chi connectivity index (χ1) is 49.2. The maximum absolute atomic E-state index is 16.4. The zero-order valence-corrected chi connectivity index (χ0v) is 57.9. The highest BCUT2D eigenvalue weighted by atomic mass is 16.5. The molecule has 9 aromatic carbocycles. The number of aliphatic hydroxyl groups excluding tert-OH is 4. The summed E-state index contributed by atoms with van der Waals surface area (Å²) in [6, 6.07) is 32.5. The third-order valence-corrected chi connectivity index (χ3v) is 19.2. The molecule has 102 heavy (non-hydrogen) atoms. The molecule has 22 heteroatoms. The highest BCUT2D eigenvalue weighted by Crippen LogP contribution is 2.58. The normalized spacial score (nSPS) is 13.7. The largest absolute Gasteiger partial charge is 0.457 e. The first kappa shape index (κ1) is 69.4. The van der Waals surface area contributed by atoms with Gasteiger partial charge in [0, 0.05) is 107 Å². The quantitative estimate of drug-likeness (QED) is 0.0151. The number of H-pyrrole nitrogens is 2. The summed E-state index contributed by atoms with van der Waals surface area (Å²) in [5, 5.41) is 42.8. The van der Waals surface area contributed by atoms with E-state index in [1.807, 2.05) is 48.5 Å². The Kier molecular flexibility index (Phi) is 19.7. The zero-order chi connectivity index (χ0) is 71.9. The molecule has 0 bridgehead atoms. The van der Waals surface area contributed by atoms with Crippen LogP contribution < -0.4 is 18.9 Å². The summed E-state index contributed by atoms with van der Waals surface area (Å²) >= 11 is 0. The Morgan fingerprint density at radius 2 is 0.627 bits per heavy atom. The van der Waals surface area contributed by atoms with Gasteiger partial charge in [-0.2, -0.15) is 0 Å². The number of ether oxygens (including phenoxy) is 4. The number of benzene rings is 9. The number of nitrogens with zero attached hydrogens (tertiary/aromatic N) is 6. The fourth-order valence-corrected chi connectivity index (χ4v) is 14.0. The van der Waals surface area contributed by atoms with E-state index in [1.54, 1.807) is 60.9 Å². The number of hydrogen-bond donors (Lipinski definition) is 6. The first-order valence-electron chi connectivity index (χ1n) is 34.4. The average Bonchev–Trinajstić information content (AvgIpc) is 0.688. The Bertz CT molecular complexity index is 4420. The van der Waals surface area contributed by atoms with Crippen molar-refractivity contribution in [3.63, 3.8) is 0 Å². The number of aromatic nitrogens is 4. The number of imidazole rings is 2. The molecule has 0 saturated carbocycles. The second-order valence-corrected chi connectivity index (χ2v) is 27.0. The fourth-order valence-electron chi connectivity index (χ4n) is 14.0. The van der Waals surface area contributed by atoms with Crippen LogP contribution in [0.5, 0.6) is 46.0 Å². The fraction of sp³-hybridized carbons (Fsp3) is 0.300. The Morgan fingerprint density at radius 1 is 0.382 bits per heavy atom. The number of amides is 6. The van der Waals surface area contributed by atoms with Crippen LogP contribution in [0.3, 0.4) is 0 Å². The molecule has 2 unspecified atom stereocenters. The van der Waals surface area contributed by atoms with Gasteiger partial charge >= 0.3 is 0 Å². The Labute approximate surface area is 588 Å². The molecule has 2 atom stereocenters. The monoisotopic (exact) mass is 1380 g/mol. The van der Waals surface area contributed by atoms with Crippen molar-refractivity contribution in [2.45, 2.75) is 104 Å². The lowest BCUT2D eigenvalue weighted by Gasteiger charge is -2.37. The SMILES string of the molecule is CC(C)c1ccc(Oc2cc3c4c(cc(Oc5ccc(C(C)C)cc5)c5c6c(Oc7ccc(C(C)C)cc7)cc7c8c(cc(Oc9ccc(C(C)C)cc9)c(c2c45)c86)C(=O)N(C(Cc2ncc[nH]2)C(=O)N(CCO)CCO)C7=O)C(=O)N(C(Cc2ncc[nH]2)C(=O)N(CCO)CCO)C3=O)cc1. The molecule has 524 valence electrons. The van der Waals surface area contributed by atoms with Gasteiger partial charge in [-0.25, -0.2) is 9.97 Å². The Hall–Kier alpha value is -11.0. The van der Waals surface area contributed by atoms with Gasteiger partial charge in [-0.05, 0) is 119 Å². The van der Waals surface area contributed by atoms with Crippen LogP contribution in [-0.2, 0) is 22.4 Å². The average molecular weight is 1380 g/mol. The smallest absolute Gasteiger partial charge is 0.262 e. The number of carbonyl (C=O) groups excluding carboxylic acids is 6. The van der Waals surface area contributed by atoms with Crippen LogP contribution in [0.1, 0.15) is 154 Å². The standard InChI is InChI=1S/C80H80N8O14/c1-43(2)47-9-17-51(18-10-47)99-61-37-55-67-56(76(94)87(75(55)93)59(41-65-81-25-26-82-65)79(97)85(29-33-89)30-34-90)39-63(101-53-21-13-49(14-22-53)45(5)6)71-72-64(102-54-23-15-50(16-24-54)46(7)8)40-58-68-57(38-62(70(74(68)72)69(61)73(67)71)100-52-19-11-48(12-20-52)44(3)4)77(95)88(78(58)96)60(42-66-83-27-28-84-66)80(98)86(31-35-91)32-36-92/h9-28,37-40,43-46,59-60,89-92H,29-36,41-42H2,1-8H3,(H,81,82)(H,83,84). The summed E-state index contributed by atoms with van der Waals surface area (Å²) in [6.45, 7) is 13.5. The van der Waals surface area contributed by atoms with E-state index in [9.17, 15) is 20.4 Å². The van der Waals surface area contributed by atoms with Crippen molar-refractivity contribution in [1.29, 1.82) is 0 Å². The molecule has 2 aliphatic heterocycles. The molecule has 11 aromatic rings. The summed E-state index contributed by atoms with van der Waals surface area (Å²) in [4.78, 5) is 115. The molecule has 0 spiro atoms. The summed E-state index contributed by atoms with van der Waals surface area (Å²) < 4.78 is 29.0. The van der Waals surface area contributed by atoms with E-state index >= 15 is 28.8 Å². The lowest BCUT2D eigenvalue weighted by Crippen LogP contribution is -2.56. The number of aliphatic hydroxyl groups is 4. The number of imide groups is 2. The van der Waals surface area contributed by atoms with Crippen molar-refractivity contribution in [2.24, 2.45) is 0 Å². The van der Waals surface area contributed by atoms with Gasteiger partial charge in [0.2, 0.25) is 11.8 Å². The Balaban J connectivity index is 1.21. The predicted octanol–water partition coefficient (Wildman–Crippen LogP) is 12.9. The van der Waals surface area contributed by atoms with Gasteiger partial charge in [-0.3, -0.25) is 38.6 Å². The van der Waals surface area contributed by atoms with E-state index in [0.29, 0.717) is 23.0 Å². The van der Waals surface area contributed by atoms with Gasteiger partial charge in [0.1, 0.15) is 69.7 Å². The molecule has 0 radical (unpaired) electrons. The summed E-state index contributed by atoms with van der Waals surface area (Å²) in [7, 11) is 0. The maximum Gasteiger partial charge on any atom is 0.262 e. The third kappa shape index (κ3) is 12.9. The van der Waals surface area contributed by atoms with Crippen LogP contribution in [0.4, 0.5) is 0 Å². The molecule has 2 aliphatic rings. The minimum absolute atomic E-state index is 0.0179. The summed E-state index contributed by atoms with van der Waals surface area (Å²) in [6.07, 6.45) is 5.42. The van der Waals surface area contributed by atoms with Crippen molar-refractivity contribution in [3.05, 3.63) is 202 Å². The lowest BCUT2D eigenvalue weighted by atomic mass is 9.80. The van der Waals surface area contributed by atoms with Gasteiger partial charge in [-0.1, -0.05) is 104 Å². The summed E-state index contributed by atoms with van der Waals surface area (Å²) in [5.74, 6) is -2.89. The molecule has 22 nitrogen and oxygen atoms in total. The van der Waals surface area contributed by atoms with Gasteiger partial charge in [0.05, 0.1) is 48.7 Å². The highest BCUT2D eigenvalue weighted by molar-refractivity contribution is 6.45. The highest BCUT2D eigenvalue weighted by Gasteiger charge is 2.48. The zero-order valence-electron chi connectivity index (χ0n) is 57.9. The van der Waals surface area contributed by atoms with E-state index < -0.39 is 74.0 Å². The number of carbonyl (C=O) groups is 6. The molecule has 13 rings (SSSR count). The molecular formula is C80H80N8O14. The van der Waals surface area contributed by atoms with E-state index in [4.69, 9.17) is 18.9 Å². The number of fused-ring (bicyclic) bond motifs is 2. The van der Waals surface area contributed by atoms with Crippen molar-refractivity contribution in [1.82, 2.24) is 39.5 Å². The number of rotatable bonds is 28. The predicted molar refractivity (Wildman–Crippen MR) is 385 cm³/mol. The molecule has 2 aromatic heterocycles. The van der Waals surface area contributed by atoms with E-state index in [2.05, 4.69) is 75.3 Å². The molecular weight excluding hydrogens is 1300 g/mol. The maximum atomic E-state index is 16.4. The van der Waals surface area contributed by atoms with Gasteiger partial charge < -0.3 is 59.1 Å². The molecule has 4 heterocycles. The number of aromatic amines is 2. The van der Waals surface area contributed by atoms with Crippen LogP contribution in [0, 0.1) is 0 Å². The van der Waals surface area contributed by atoms with Crippen LogP contribution in [0.25, 0.3) is 43.1 Å². The van der Waals surface area contributed by atoms with E-state index in [-0.39, 0.29) is 163 Å². The van der Waals surface area contributed by atoms with Crippen molar-refractivity contribution < 1.29 is 68.1 Å². The number of hydrogen-bond acceptors (Lipinski definition) is 16. The second kappa shape index (κ2) is 28.9. The van der Waals surface area contributed by atoms with Crippen LogP contribution >= 0.6 is 0 Å². The van der Waals surface area contributed by atoms with E-state index in [1.165, 1.54) is 46.5 Å². The van der Waals surface area contributed by atoms with Gasteiger partial charge in [0.25, 0.3) is 23.6 Å². The molecule has 0 fully saturated rings. The molecule has 6 amide bonds. The molecule has 6 N–H and O–H groups in total. The first-order valence-corrected chi connectivity index (χ1v) is 34.4. The van der Waals surface area contributed by atoms with Crippen molar-refractivity contribution in [3.8, 4) is 46.0 Å². The topological polar surface area (TPSA) is 291 Å². The number of nitrogens with one attached hydrogen (secondary N) is 2. The molecule has 0 aliphatic carbocycles. The third-order valence-electron chi connectivity index (χ3n) is 19.2. The minimum Gasteiger partial charge on any atom is -0.457 e. The van der Waals surface area contributed by atoms with Gasteiger partial charge in [-0.15, -0.1) is 0 Å². The van der Waals surface area contributed by atoms with Crippen LogP contribution in [0.15, 0.2) is 146 Å². The van der Waals surface area contributed by atoms with Crippen molar-refractivity contribution >= 4 is 78.5 Å². The lowest BCUT2D eigenvalue weighted by molar-refractivity contribution is -0.137. The molecule has 0 saturated heterocycles. The van der Waals surface area contributed by atoms with E-state index in [0.717, 1.165) is 32.1 Å². The minimum atomic E-state index is -1.62.